The molecule has 0 spiro atoms. The smallest absolute Gasteiger partial charge is 0.317 e. The highest BCUT2D eigenvalue weighted by Gasteiger charge is 2.46. The van der Waals surface area contributed by atoms with Gasteiger partial charge in [-0.15, -0.1) is 0 Å². The molecular weight excluding hydrogens is 309 g/mol. The minimum absolute atomic E-state index is 0.316. The molecule has 1 N–H and O–H groups in total. The van der Waals surface area contributed by atoms with Crippen molar-refractivity contribution in [3.8, 4) is 0 Å². The molecule has 4 nitrogen and oxygen atoms in total. The van der Waals surface area contributed by atoms with Crippen molar-refractivity contribution in [2.75, 3.05) is 6.54 Å². The van der Waals surface area contributed by atoms with Crippen molar-refractivity contribution in [3.05, 3.63) is 35.6 Å². The Morgan fingerprint density at radius 3 is 2.42 bits per heavy atom. The fourth-order valence-corrected chi connectivity index (χ4v) is 3.19. The first-order chi connectivity index (χ1) is 11.4. The zero-order valence-electron chi connectivity index (χ0n) is 14.6. The lowest BCUT2D eigenvalue weighted by molar-refractivity contribution is -0.160. The number of amides is 1. The van der Waals surface area contributed by atoms with Gasteiger partial charge in [0.2, 0.25) is 0 Å². The molecule has 1 fully saturated rings. The summed E-state index contributed by atoms with van der Waals surface area (Å²) in [5, 5.41) is 2.75. The number of rotatable bonds is 6. The summed E-state index contributed by atoms with van der Waals surface area (Å²) >= 11 is 0. The molecule has 1 aromatic carbocycles. The minimum Gasteiger partial charge on any atom is -0.452 e. The Balaban J connectivity index is 2.13. The predicted octanol–water partition coefficient (Wildman–Crippen LogP) is 3.34. The summed E-state index contributed by atoms with van der Waals surface area (Å²) in [6.45, 7) is 6.06. The Bertz CT molecular complexity index is 594. The van der Waals surface area contributed by atoms with E-state index in [0.29, 0.717) is 30.9 Å². The molecule has 1 aliphatic carbocycles. The highest BCUT2D eigenvalue weighted by atomic mass is 19.1. The Labute approximate surface area is 142 Å². The monoisotopic (exact) mass is 335 g/mol. The molecule has 1 aromatic rings. The highest BCUT2D eigenvalue weighted by Crippen LogP contribution is 2.43. The lowest BCUT2D eigenvalue weighted by Gasteiger charge is -2.29. The van der Waals surface area contributed by atoms with Crippen LogP contribution in [0.2, 0.25) is 0 Å². The summed E-state index contributed by atoms with van der Waals surface area (Å²) in [6.07, 6.45) is 1.90. The molecule has 0 aromatic heterocycles. The quantitative estimate of drug-likeness (QED) is 0.811. The van der Waals surface area contributed by atoms with Gasteiger partial charge >= 0.3 is 5.97 Å². The van der Waals surface area contributed by atoms with Crippen LogP contribution in [0.1, 0.15) is 52.0 Å². The van der Waals surface area contributed by atoms with Gasteiger partial charge in [0.15, 0.2) is 6.10 Å². The molecule has 1 atom stereocenters. The van der Waals surface area contributed by atoms with Crippen molar-refractivity contribution in [2.45, 2.75) is 58.0 Å². The van der Waals surface area contributed by atoms with E-state index in [1.54, 1.807) is 25.1 Å². The van der Waals surface area contributed by atoms with E-state index >= 15 is 0 Å². The molecule has 1 amide bonds. The molecule has 0 aliphatic heterocycles. The van der Waals surface area contributed by atoms with E-state index in [1.165, 1.54) is 6.07 Å². The fourth-order valence-electron chi connectivity index (χ4n) is 3.19. The van der Waals surface area contributed by atoms with Gasteiger partial charge in [-0.3, -0.25) is 9.59 Å². The summed E-state index contributed by atoms with van der Waals surface area (Å²) in [5.41, 5.74) is -0.597. The Hall–Kier alpha value is -1.91. The van der Waals surface area contributed by atoms with Crippen molar-refractivity contribution in [3.63, 3.8) is 0 Å². The van der Waals surface area contributed by atoms with Gasteiger partial charge in [0.05, 0.1) is 5.41 Å². The van der Waals surface area contributed by atoms with E-state index in [1.807, 2.05) is 13.8 Å². The molecule has 0 unspecified atom stereocenters. The van der Waals surface area contributed by atoms with Crippen molar-refractivity contribution < 1.29 is 18.7 Å². The summed E-state index contributed by atoms with van der Waals surface area (Å²) in [5.74, 6) is -0.902. The maximum absolute atomic E-state index is 14.3. The number of nitrogens with one attached hydrogen (secondary N) is 1. The third-order valence-electron chi connectivity index (χ3n) is 4.57. The number of halogens is 1. The fraction of sp³-hybridized carbons (Fsp3) is 0.579. The summed E-state index contributed by atoms with van der Waals surface area (Å²) < 4.78 is 19.7. The van der Waals surface area contributed by atoms with Crippen LogP contribution in [-0.2, 0) is 19.7 Å². The number of carbonyl (C=O) groups is 2. The number of hydrogen-bond acceptors (Lipinski definition) is 3. The largest absolute Gasteiger partial charge is 0.452 e. The molecule has 5 heteroatoms. The van der Waals surface area contributed by atoms with Gasteiger partial charge in [0.25, 0.3) is 5.91 Å². The lowest BCUT2D eigenvalue weighted by Crippen LogP contribution is -2.42. The van der Waals surface area contributed by atoms with Crippen LogP contribution < -0.4 is 5.32 Å². The molecular formula is C19H26FNO3. The van der Waals surface area contributed by atoms with Crippen LogP contribution in [0, 0.1) is 11.7 Å². The molecule has 0 radical (unpaired) electrons. The summed E-state index contributed by atoms with van der Waals surface area (Å²) in [4.78, 5) is 24.8. The molecule has 1 saturated carbocycles. The first kappa shape index (κ1) is 18.4. The van der Waals surface area contributed by atoms with Gasteiger partial charge in [0, 0.05) is 12.1 Å². The van der Waals surface area contributed by atoms with Gasteiger partial charge in [0.1, 0.15) is 5.82 Å². The Kier molecular flexibility index (Phi) is 5.97. The number of esters is 1. The molecule has 0 saturated heterocycles. The minimum atomic E-state index is -0.974. The molecule has 2 rings (SSSR count). The van der Waals surface area contributed by atoms with E-state index in [2.05, 4.69) is 5.32 Å². The first-order valence-corrected chi connectivity index (χ1v) is 8.60. The van der Waals surface area contributed by atoms with Gasteiger partial charge in [-0.2, -0.15) is 0 Å². The van der Waals surface area contributed by atoms with Gasteiger partial charge in [-0.25, -0.2) is 4.39 Å². The predicted molar refractivity (Wildman–Crippen MR) is 89.9 cm³/mol. The third-order valence-corrected chi connectivity index (χ3v) is 4.57. The third kappa shape index (κ3) is 3.94. The molecule has 1 aliphatic rings. The summed E-state index contributed by atoms with van der Waals surface area (Å²) in [7, 11) is 0. The molecule has 132 valence electrons. The van der Waals surface area contributed by atoms with Crippen LogP contribution in [0.3, 0.4) is 0 Å². The SMILES string of the molecule is CC(C)CNC(=O)[C@@H](C)OC(=O)C1(c2ccccc2F)CCCC1. The maximum Gasteiger partial charge on any atom is 0.317 e. The second kappa shape index (κ2) is 7.77. The van der Waals surface area contributed by atoms with Crippen LogP contribution >= 0.6 is 0 Å². The van der Waals surface area contributed by atoms with Gasteiger partial charge < -0.3 is 10.1 Å². The van der Waals surface area contributed by atoms with E-state index in [4.69, 9.17) is 4.74 Å². The van der Waals surface area contributed by atoms with Crippen molar-refractivity contribution in [1.82, 2.24) is 5.32 Å². The second-order valence-electron chi connectivity index (χ2n) is 6.96. The van der Waals surface area contributed by atoms with E-state index in [-0.39, 0.29) is 5.91 Å². The topological polar surface area (TPSA) is 55.4 Å². The molecule has 0 heterocycles. The first-order valence-electron chi connectivity index (χ1n) is 8.60. The number of benzene rings is 1. The van der Waals surface area contributed by atoms with E-state index in [0.717, 1.165) is 12.8 Å². The van der Waals surface area contributed by atoms with Crippen molar-refractivity contribution >= 4 is 11.9 Å². The van der Waals surface area contributed by atoms with Gasteiger partial charge in [-0.05, 0) is 31.7 Å². The van der Waals surface area contributed by atoms with E-state index in [9.17, 15) is 14.0 Å². The van der Waals surface area contributed by atoms with Crippen LogP contribution in [-0.4, -0.2) is 24.5 Å². The second-order valence-corrected chi connectivity index (χ2v) is 6.96. The standard InChI is InChI=1S/C19H26FNO3/c1-13(2)12-21-17(22)14(3)24-18(23)19(10-6-7-11-19)15-8-4-5-9-16(15)20/h4-5,8-9,13-14H,6-7,10-12H2,1-3H3,(H,21,22)/t14-/m1/s1. The molecule has 24 heavy (non-hydrogen) atoms. The summed E-state index contributed by atoms with van der Waals surface area (Å²) in [6, 6.07) is 6.34. The maximum atomic E-state index is 14.3. The van der Waals surface area contributed by atoms with Gasteiger partial charge in [-0.1, -0.05) is 44.9 Å². The normalized spacial score (nSPS) is 17.5. The van der Waals surface area contributed by atoms with Crippen LogP contribution in [0.25, 0.3) is 0 Å². The lowest BCUT2D eigenvalue weighted by atomic mass is 9.78. The Morgan fingerprint density at radius 2 is 1.83 bits per heavy atom. The number of ether oxygens (including phenoxy) is 1. The van der Waals surface area contributed by atoms with Crippen molar-refractivity contribution in [2.24, 2.45) is 5.92 Å². The van der Waals surface area contributed by atoms with Crippen LogP contribution in [0.4, 0.5) is 4.39 Å². The van der Waals surface area contributed by atoms with E-state index < -0.39 is 23.3 Å². The Morgan fingerprint density at radius 1 is 1.21 bits per heavy atom. The zero-order valence-corrected chi connectivity index (χ0v) is 14.6. The molecule has 0 bridgehead atoms. The number of carbonyl (C=O) groups excluding carboxylic acids is 2. The average molecular weight is 335 g/mol. The average Bonchev–Trinajstić information content (AvgIpc) is 3.03. The zero-order chi connectivity index (χ0) is 17.7. The van der Waals surface area contributed by atoms with Crippen LogP contribution in [0.5, 0.6) is 0 Å². The van der Waals surface area contributed by atoms with Crippen LogP contribution in [0.15, 0.2) is 24.3 Å². The highest BCUT2D eigenvalue weighted by molar-refractivity contribution is 5.88. The van der Waals surface area contributed by atoms with Crippen molar-refractivity contribution in [1.29, 1.82) is 0 Å². The number of hydrogen-bond donors (Lipinski definition) is 1.